The van der Waals surface area contributed by atoms with Crippen molar-refractivity contribution in [2.45, 2.75) is 25.3 Å². The summed E-state index contributed by atoms with van der Waals surface area (Å²) in [4.78, 5) is 26.4. The summed E-state index contributed by atoms with van der Waals surface area (Å²) in [6.45, 7) is 1.15. The van der Waals surface area contributed by atoms with Crippen molar-refractivity contribution in [2.75, 3.05) is 25.5 Å². The van der Waals surface area contributed by atoms with E-state index in [2.05, 4.69) is 25.7 Å². The van der Waals surface area contributed by atoms with E-state index in [4.69, 9.17) is 0 Å². The first-order valence-electron chi connectivity index (χ1n) is 8.28. The molecule has 1 fully saturated rings. The number of carbonyl (C=O) groups is 2. The lowest BCUT2D eigenvalue weighted by atomic mass is 9.99. The highest BCUT2D eigenvalue weighted by Gasteiger charge is 2.28. The SMILES string of the molecule is CNC(=O)c1ccc([C@@H]2CCCCN2CC(=O)Nc2nncs2)n1C. The van der Waals surface area contributed by atoms with Crippen molar-refractivity contribution in [1.29, 1.82) is 0 Å². The average molecular weight is 362 g/mol. The van der Waals surface area contributed by atoms with Crippen molar-refractivity contribution in [3.63, 3.8) is 0 Å². The fourth-order valence-corrected chi connectivity index (χ4v) is 3.76. The van der Waals surface area contributed by atoms with Crippen molar-refractivity contribution in [2.24, 2.45) is 7.05 Å². The monoisotopic (exact) mass is 362 g/mol. The van der Waals surface area contributed by atoms with Gasteiger partial charge in [-0.3, -0.25) is 19.8 Å². The Hall–Kier alpha value is -2.26. The van der Waals surface area contributed by atoms with Crippen LogP contribution >= 0.6 is 11.3 Å². The highest BCUT2D eigenvalue weighted by atomic mass is 32.1. The molecule has 0 bridgehead atoms. The fraction of sp³-hybridized carbons (Fsp3) is 0.500. The van der Waals surface area contributed by atoms with E-state index in [-0.39, 0.29) is 17.9 Å². The van der Waals surface area contributed by atoms with Gasteiger partial charge in [-0.2, -0.15) is 0 Å². The van der Waals surface area contributed by atoms with E-state index in [9.17, 15) is 9.59 Å². The van der Waals surface area contributed by atoms with Gasteiger partial charge in [-0.15, -0.1) is 10.2 Å². The second kappa shape index (κ2) is 7.75. The quantitative estimate of drug-likeness (QED) is 0.839. The van der Waals surface area contributed by atoms with Crippen molar-refractivity contribution >= 4 is 28.3 Å². The maximum Gasteiger partial charge on any atom is 0.267 e. The zero-order valence-electron chi connectivity index (χ0n) is 14.4. The molecule has 1 saturated heterocycles. The normalized spacial score (nSPS) is 18.1. The molecule has 0 spiro atoms. The molecule has 2 aromatic heterocycles. The Balaban J connectivity index is 1.74. The van der Waals surface area contributed by atoms with Gasteiger partial charge >= 0.3 is 0 Å². The molecule has 1 aliphatic heterocycles. The summed E-state index contributed by atoms with van der Waals surface area (Å²) >= 11 is 1.30. The number of carbonyl (C=O) groups excluding carboxylic acids is 2. The first-order chi connectivity index (χ1) is 12.1. The Labute approximate surface area is 150 Å². The molecular weight excluding hydrogens is 340 g/mol. The summed E-state index contributed by atoms with van der Waals surface area (Å²) < 4.78 is 1.92. The van der Waals surface area contributed by atoms with Gasteiger partial charge in [-0.25, -0.2) is 0 Å². The van der Waals surface area contributed by atoms with Crippen molar-refractivity contribution in [3.05, 3.63) is 29.0 Å². The van der Waals surface area contributed by atoms with Gasteiger partial charge in [0.25, 0.3) is 5.91 Å². The molecule has 134 valence electrons. The van der Waals surface area contributed by atoms with E-state index in [1.165, 1.54) is 11.3 Å². The molecule has 0 aliphatic carbocycles. The summed E-state index contributed by atoms with van der Waals surface area (Å²) in [6, 6.07) is 3.94. The van der Waals surface area contributed by atoms with Crippen LogP contribution in [0.3, 0.4) is 0 Å². The molecule has 9 heteroatoms. The Bertz CT molecular complexity index is 742. The topological polar surface area (TPSA) is 92.2 Å². The zero-order chi connectivity index (χ0) is 17.8. The number of likely N-dealkylation sites (tertiary alicyclic amines) is 1. The summed E-state index contributed by atoms with van der Waals surface area (Å²) in [5.41, 5.74) is 3.27. The number of piperidine rings is 1. The van der Waals surface area contributed by atoms with Crippen LogP contribution in [0.4, 0.5) is 5.13 Å². The molecule has 3 rings (SSSR count). The third-order valence-corrected chi connectivity index (χ3v) is 5.14. The molecule has 3 heterocycles. The van der Waals surface area contributed by atoms with Crippen LogP contribution in [-0.4, -0.2) is 51.6 Å². The highest BCUT2D eigenvalue weighted by molar-refractivity contribution is 7.13. The summed E-state index contributed by atoms with van der Waals surface area (Å²) in [7, 11) is 3.52. The lowest BCUT2D eigenvalue weighted by molar-refractivity contribution is -0.118. The first kappa shape index (κ1) is 17.6. The number of anilines is 1. The minimum absolute atomic E-state index is 0.0932. The smallest absolute Gasteiger partial charge is 0.267 e. The molecule has 1 atom stereocenters. The highest BCUT2D eigenvalue weighted by Crippen LogP contribution is 2.31. The minimum atomic E-state index is -0.106. The molecular formula is C16H22N6O2S. The lowest BCUT2D eigenvalue weighted by Gasteiger charge is -2.35. The van der Waals surface area contributed by atoms with Gasteiger partial charge in [0.2, 0.25) is 11.0 Å². The number of amides is 2. The van der Waals surface area contributed by atoms with Gasteiger partial charge < -0.3 is 9.88 Å². The summed E-state index contributed by atoms with van der Waals surface area (Å²) in [5.74, 6) is -0.200. The lowest BCUT2D eigenvalue weighted by Crippen LogP contribution is -2.40. The van der Waals surface area contributed by atoms with Crippen LogP contribution in [0.2, 0.25) is 0 Å². The van der Waals surface area contributed by atoms with Gasteiger partial charge in [0, 0.05) is 19.8 Å². The van der Waals surface area contributed by atoms with E-state index in [1.54, 1.807) is 12.6 Å². The minimum Gasteiger partial charge on any atom is -0.354 e. The summed E-state index contributed by atoms with van der Waals surface area (Å²) in [5, 5.41) is 13.5. The standard InChI is InChI=1S/C16H22N6O2S/c1-17-15(24)13-7-6-11(21(13)2)12-5-3-4-8-22(12)9-14(23)19-16-20-18-10-25-16/h6-7,10,12H,3-5,8-9H2,1-2H3,(H,17,24)(H,19,20,23)/t12-/m0/s1. The second-order valence-electron chi connectivity index (χ2n) is 6.06. The van der Waals surface area contributed by atoms with Gasteiger partial charge in [0.05, 0.1) is 12.6 Å². The predicted octanol–water partition coefficient (Wildman–Crippen LogP) is 1.40. The number of hydrogen-bond acceptors (Lipinski definition) is 6. The molecule has 2 amide bonds. The van der Waals surface area contributed by atoms with Crippen LogP contribution in [0.1, 0.15) is 41.5 Å². The van der Waals surface area contributed by atoms with E-state index in [0.717, 1.165) is 31.5 Å². The zero-order valence-corrected chi connectivity index (χ0v) is 15.2. The number of hydrogen-bond donors (Lipinski definition) is 2. The summed E-state index contributed by atoms with van der Waals surface area (Å²) in [6.07, 6.45) is 3.14. The van der Waals surface area contributed by atoms with Gasteiger partial charge in [0.15, 0.2) is 0 Å². The molecule has 0 radical (unpaired) electrons. The number of nitrogens with one attached hydrogen (secondary N) is 2. The van der Waals surface area contributed by atoms with Crippen molar-refractivity contribution in [3.8, 4) is 0 Å². The van der Waals surface area contributed by atoms with Crippen LogP contribution < -0.4 is 10.6 Å². The third kappa shape index (κ3) is 3.88. The Morgan fingerprint density at radius 3 is 2.92 bits per heavy atom. The van der Waals surface area contributed by atoms with Crippen LogP contribution in [0, 0.1) is 0 Å². The van der Waals surface area contributed by atoms with Crippen LogP contribution in [0.25, 0.3) is 0 Å². The number of nitrogens with zero attached hydrogens (tertiary/aromatic N) is 4. The molecule has 25 heavy (non-hydrogen) atoms. The molecule has 0 unspecified atom stereocenters. The Morgan fingerprint density at radius 2 is 2.20 bits per heavy atom. The fourth-order valence-electron chi connectivity index (χ4n) is 3.30. The first-order valence-corrected chi connectivity index (χ1v) is 9.16. The van der Waals surface area contributed by atoms with Crippen LogP contribution in [0.15, 0.2) is 17.6 Å². The molecule has 2 N–H and O–H groups in total. The van der Waals surface area contributed by atoms with E-state index in [0.29, 0.717) is 17.4 Å². The Kier molecular flexibility index (Phi) is 5.44. The largest absolute Gasteiger partial charge is 0.354 e. The molecule has 0 aromatic carbocycles. The molecule has 1 aliphatic rings. The maximum absolute atomic E-state index is 12.3. The third-order valence-electron chi connectivity index (χ3n) is 4.53. The average Bonchev–Trinajstić information content (AvgIpc) is 3.24. The van der Waals surface area contributed by atoms with Crippen molar-refractivity contribution < 1.29 is 9.59 Å². The van der Waals surface area contributed by atoms with Crippen LogP contribution in [-0.2, 0) is 11.8 Å². The van der Waals surface area contributed by atoms with E-state index < -0.39 is 0 Å². The number of rotatable bonds is 5. The molecule has 0 saturated carbocycles. The van der Waals surface area contributed by atoms with Crippen LogP contribution in [0.5, 0.6) is 0 Å². The maximum atomic E-state index is 12.3. The number of aromatic nitrogens is 3. The Morgan fingerprint density at radius 1 is 1.36 bits per heavy atom. The van der Waals surface area contributed by atoms with Crippen molar-refractivity contribution in [1.82, 2.24) is 25.0 Å². The predicted molar refractivity (Wildman–Crippen MR) is 95.5 cm³/mol. The molecule has 8 nitrogen and oxygen atoms in total. The van der Waals surface area contributed by atoms with Gasteiger partial charge in [-0.05, 0) is 31.5 Å². The van der Waals surface area contributed by atoms with E-state index in [1.807, 2.05) is 23.7 Å². The van der Waals surface area contributed by atoms with E-state index >= 15 is 0 Å². The van der Waals surface area contributed by atoms with Gasteiger partial charge in [-0.1, -0.05) is 17.8 Å². The molecule has 2 aromatic rings. The second-order valence-corrected chi connectivity index (χ2v) is 6.89. The van der Waals surface area contributed by atoms with Gasteiger partial charge in [0.1, 0.15) is 11.2 Å².